The van der Waals surface area contributed by atoms with Crippen molar-refractivity contribution in [2.24, 2.45) is 5.92 Å². The maximum absolute atomic E-state index is 6.15. The van der Waals surface area contributed by atoms with Crippen LogP contribution < -0.4 is 0 Å². The van der Waals surface area contributed by atoms with Gasteiger partial charge in [-0.1, -0.05) is 20.8 Å². The van der Waals surface area contributed by atoms with Crippen LogP contribution in [0, 0.1) is 5.92 Å². The molecule has 0 aliphatic carbocycles. The van der Waals surface area contributed by atoms with Crippen molar-refractivity contribution in [2.45, 2.75) is 37.8 Å². The predicted octanol–water partition coefficient (Wildman–Crippen LogP) is 3.65. The quantitative estimate of drug-likeness (QED) is 0.413. The molecular weight excluding hydrogens is 196 g/mol. The Hall–Kier alpha value is 0.990. The van der Waals surface area contributed by atoms with E-state index in [-0.39, 0.29) is 0 Å². The minimum absolute atomic E-state index is 0.298. The van der Waals surface area contributed by atoms with E-state index in [2.05, 4.69) is 33.4 Å². The van der Waals surface area contributed by atoms with Crippen LogP contribution in [0.5, 0.6) is 0 Å². The second kappa shape index (κ2) is 6.50. The highest BCUT2D eigenvalue weighted by Crippen LogP contribution is 2.28. The van der Waals surface area contributed by atoms with Gasteiger partial charge in [0.05, 0.1) is 0 Å². The molecule has 1 unspecified atom stereocenters. The summed E-state index contributed by atoms with van der Waals surface area (Å²) in [6.45, 7) is 6.56. The number of rotatable bonds is 5. The molecule has 0 aliphatic rings. The predicted molar refractivity (Wildman–Crippen MR) is 60.0 cm³/mol. The fourth-order valence-corrected chi connectivity index (χ4v) is 3.02. The first-order valence-corrected chi connectivity index (χ1v) is 6.11. The van der Waals surface area contributed by atoms with Crippen LogP contribution in [-0.2, 0) is 0 Å². The molecule has 0 aromatic carbocycles. The van der Waals surface area contributed by atoms with Gasteiger partial charge in [0.15, 0.2) is 0 Å². The monoisotopic (exact) mass is 212 g/mol. The summed E-state index contributed by atoms with van der Waals surface area (Å²) in [5, 5.41) is 1.72. The molecule has 0 spiro atoms. The van der Waals surface area contributed by atoms with E-state index in [0.29, 0.717) is 16.5 Å². The Labute approximate surface area is 84.9 Å². The van der Waals surface area contributed by atoms with Crippen LogP contribution in [0.25, 0.3) is 0 Å². The summed E-state index contributed by atoms with van der Waals surface area (Å²) >= 11 is 12.2. The lowest BCUT2D eigenvalue weighted by atomic mass is 10.1. The minimum Gasteiger partial charge on any atom is -0.168 e. The zero-order valence-electron chi connectivity index (χ0n) is 7.38. The van der Waals surface area contributed by atoms with E-state index in [1.54, 1.807) is 0 Å². The average molecular weight is 213 g/mol. The molecule has 0 aromatic rings. The Morgan fingerprint density at radius 3 is 2.27 bits per heavy atom. The fraction of sp³-hybridized carbons (Fsp3) is 1.00. The SMILES string of the molecule is CC[C@@H](Cl)C(SCS)C(C)C. The van der Waals surface area contributed by atoms with E-state index in [4.69, 9.17) is 11.6 Å². The molecule has 0 aromatic heterocycles. The lowest BCUT2D eigenvalue weighted by molar-refractivity contribution is 0.574. The molecule has 3 heteroatoms. The van der Waals surface area contributed by atoms with Crippen molar-refractivity contribution in [3.05, 3.63) is 0 Å². The van der Waals surface area contributed by atoms with Crippen molar-refractivity contribution in [3.8, 4) is 0 Å². The third kappa shape index (κ3) is 4.54. The third-order valence-corrected chi connectivity index (χ3v) is 4.25. The van der Waals surface area contributed by atoms with E-state index in [9.17, 15) is 0 Å². The van der Waals surface area contributed by atoms with Crippen LogP contribution in [0.1, 0.15) is 27.2 Å². The molecular formula is C8H17ClS2. The summed E-state index contributed by atoms with van der Waals surface area (Å²) in [4.78, 5) is 0. The van der Waals surface area contributed by atoms with E-state index < -0.39 is 0 Å². The van der Waals surface area contributed by atoms with E-state index in [0.717, 1.165) is 11.5 Å². The fourth-order valence-electron chi connectivity index (χ4n) is 1.03. The smallest absolute Gasteiger partial charge is 0.0454 e. The lowest BCUT2D eigenvalue weighted by Crippen LogP contribution is -2.22. The number of hydrogen-bond donors (Lipinski definition) is 1. The van der Waals surface area contributed by atoms with Gasteiger partial charge in [0.25, 0.3) is 0 Å². The molecule has 0 rings (SSSR count). The highest BCUT2D eigenvalue weighted by Gasteiger charge is 2.20. The summed E-state index contributed by atoms with van der Waals surface area (Å²) in [6.07, 6.45) is 1.05. The Morgan fingerprint density at radius 2 is 2.00 bits per heavy atom. The van der Waals surface area contributed by atoms with Gasteiger partial charge in [0.2, 0.25) is 0 Å². The van der Waals surface area contributed by atoms with Gasteiger partial charge >= 0.3 is 0 Å². The minimum atomic E-state index is 0.298. The van der Waals surface area contributed by atoms with Crippen LogP contribution >= 0.6 is 36.0 Å². The molecule has 0 bridgehead atoms. The van der Waals surface area contributed by atoms with E-state index >= 15 is 0 Å². The summed E-state index contributed by atoms with van der Waals surface area (Å²) in [5.74, 6) is 0.648. The molecule has 0 saturated heterocycles. The zero-order valence-corrected chi connectivity index (χ0v) is 9.85. The lowest BCUT2D eigenvalue weighted by Gasteiger charge is -2.23. The molecule has 0 aliphatic heterocycles. The van der Waals surface area contributed by atoms with Gasteiger partial charge in [-0.2, -0.15) is 12.6 Å². The van der Waals surface area contributed by atoms with Crippen LogP contribution in [-0.4, -0.2) is 15.7 Å². The molecule has 0 amide bonds. The largest absolute Gasteiger partial charge is 0.168 e. The van der Waals surface area contributed by atoms with Crippen LogP contribution in [0.15, 0.2) is 0 Å². The van der Waals surface area contributed by atoms with Crippen LogP contribution in [0.2, 0.25) is 0 Å². The topological polar surface area (TPSA) is 0 Å². The van der Waals surface area contributed by atoms with Crippen molar-refractivity contribution in [2.75, 3.05) is 5.08 Å². The highest BCUT2D eigenvalue weighted by molar-refractivity contribution is 8.09. The molecule has 0 fully saturated rings. The van der Waals surface area contributed by atoms with Crippen molar-refractivity contribution < 1.29 is 0 Å². The molecule has 2 atom stereocenters. The average Bonchev–Trinajstić information content (AvgIpc) is 1.98. The van der Waals surface area contributed by atoms with Gasteiger partial charge in [0.1, 0.15) is 0 Å². The molecule has 0 nitrogen and oxygen atoms in total. The first-order valence-electron chi connectivity index (χ1n) is 4.00. The second-order valence-corrected chi connectivity index (χ2v) is 5.40. The number of hydrogen-bond acceptors (Lipinski definition) is 2. The Bertz CT molecular complexity index is 96.1. The van der Waals surface area contributed by atoms with Crippen molar-refractivity contribution in [1.82, 2.24) is 0 Å². The number of thioether (sulfide) groups is 1. The summed E-state index contributed by atoms with van der Waals surface area (Å²) in [5.41, 5.74) is 0. The highest BCUT2D eigenvalue weighted by atomic mass is 35.5. The van der Waals surface area contributed by atoms with Crippen LogP contribution in [0.4, 0.5) is 0 Å². The van der Waals surface area contributed by atoms with E-state index in [1.807, 2.05) is 11.8 Å². The second-order valence-electron chi connectivity index (χ2n) is 2.93. The molecule has 0 heterocycles. The molecule has 68 valence electrons. The molecule has 0 radical (unpaired) electrons. The zero-order chi connectivity index (χ0) is 8.85. The van der Waals surface area contributed by atoms with Crippen molar-refractivity contribution >= 4 is 36.0 Å². The van der Waals surface area contributed by atoms with Gasteiger partial charge in [0, 0.05) is 15.7 Å². The normalized spacial score (nSPS) is 16.9. The first kappa shape index (κ1) is 12.0. The summed E-state index contributed by atoms with van der Waals surface area (Å²) in [6, 6.07) is 0. The van der Waals surface area contributed by atoms with Gasteiger partial charge in [-0.05, 0) is 12.3 Å². The standard InChI is InChI=1S/C8H17ClS2/c1-4-7(9)8(6(2)3)11-5-10/h6-8,10H,4-5H2,1-3H3/t7-,8?/m1/s1. The number of thiol groups is 1. The van der Waals surface area contributed by atoms with Crippen molar-refractivity contribution in [1.29, 1.82) is 0 Å². The maximum atomic E-state index is 6.15. The van der Waals surface area contributed by atoms with Crippen LogP contribution in [0.3, 0.4) is 0 Å². The molecule has 11 heavy (non-hydrogen) atoms. The number of halogens is 1. The third-order valence-electron chi connectivity index (χ3n) is 1.67. The molecule has 0 saturated carbocycles. The van der Waals surface area contributed by atoms with Gasteiger partial charge in [-0.15, -0.1) is 23.4 Å². The van der Waals surface area contributed by atoms with E-state index in [1.165, 1.54) is 0 Å². The van der Waals surface area contributed by atoms with Gasteiger partial charge in [-0.25, -0.2) is 0 Å². The first-order chi connectivity index (χ1) is 5.13. The van der Waals surface area contributed by atoms with Crippen molar-refractivity contribution in [3.63, 3.8) is 0 Å². The Balaban J connectivity index is 3.87. The number of alkyl halides is 1. The van der Waals surface area contributed by atoms with Gasteiger partial charge in [-0.3, -0.25) is 0 Å². The van der Waals surface area contributed by atoms with Gasteiger partial charge < -0.3 is 0 Å². The summed E-state index contributed by atoms with van der Waals surface area (Å²) in [7, 11) is 0. The Kier molecular flexibility index (Phi) is 7.08. The summed E-state index contributed by atoms with van der Waals surface area (Å²) < 4.78 is 0. The maximum Gasteiger partial charge on any atom is 0.0454 e. The Morgan fingerprint density at radius 1 is 1.45 bits per heavy atom. The molecule has 0 N–H and O–H groups in total.